The van der Waals surface area contributed by atoms with Gasteiger partial charge in [0.05, 0.1) is 27.8 Å². The standard InChI is InChI=1S/C34H23BN6O4/c42-35(43)31-28-21-36-40(29(28)17-18-30(31)41(44)45)27-16-8-14-25(20-27)24-13-7-15-26(19-24)34-38-32(22-9-3-1-4-10-22)37-33(39-34)23-11-5-2-6-12-23/h1-21,42-43H. The maximum atomic E-state index is 11.5. The summed E-state index contributed by atoms with van der Waals surface area (Å²) in [6.07, 6.45) is 1.40. The smallest absolute Gasteiger partial charge is 0.423 e. The van der Waals surface area contributed by atoms with Crippen molar-refractivity contribution in [2.45, 2.75) is 0 Å². The third-order valence-corrected chi connectivity index (χ3v) is 7.47. The molecule has 2 heterocycles. The highest BCUT2D eigenvalue weighted by molar-refractivity contribution is 6.63. The van der Waals surface area contributed by atoms with Crippen LogP contribution in [0.15, 0.2) is 128 Å². The Morgan fingerprint density at radius 2 is 1.16 bits per heavy atom. The van der Waals surface area contributed by atoms with Gasteiger partial charge in [-0.2, -0.15) is 5.10 Å². The molecule has 5 aromatic carbocycles. The molecule has 11 heteroatoms. The fourth-order valence-electron chi connectivity index (χ4n) is 5.34. The molecule has 0 saturated heterocycles. The SMILES string of the molecule is O=[N+]([O-])c1ccc2c(cnn2-c2cccc(-c3cccc(-c4nc(-c5ccccc5)nc(-c5ccccc5)n4)c3)c2)c1B(O)O. The topological polar surface area (TPSA) is 140 Å². The summed E-state index contributed by atoms with van der Waals surface area (Å²) >= 11 is 0. The second-order valence-electron chi connectivity index (χ2n) is 10.3. The Labute approximate surface area is 257 Å². The summed E-state index contributed by atoms with van der Waals surface area (Å²) in [5.74, 6) is 1.69. The molecule has 0 spiro atoms. The van der Waals surface area contributed by atoms with Crippen LogP contribution >= 0.6 is 0 Å². The second kappa shape index (κ2) is 11.6. The zero-order valence-corrected chi connectivity index (χ0v) is 23.6. The molecule has 0 radical (unpaired) electrons. The Hall–Kier alpha value is -6.04. The van der Waals surface area contributed by atoms with Gasteiger partial charge in [0, 0.05) is 28.1 Å². The maximum absolute atomic E-state index is 11.5. The zero-order valence-electron chi connectivity index (χ0n) is 23.6. The largest absolute Gasteiger partial charge is 0.496 e. The summed E-state index contributed by atoms with van der Waals surface area (Å²) in [5.41, 5.74) is 5.00. The van der Waals surface area contributed by atoms with Crippen molar-refractivity contribution in [3.8, 4) is 51.0 Å². The van der Waals surface area contributed by atoms with Crippen LogP contribution in [0, 0.1) is 10.1 Å². The van der Waals surface area contributed by atoms with Crippen LogP contribution in [0.2, 0.25) is 0 Å². The van der Waals surface area contributed by atoms with Crippen molar-refractivity contribution < 1.29 is 15.0 Å². The summed E-state index contributed by atoms with van der Waals surface area (Å²) in [4.78, 5) is 25.3. The number of fused-ring (bicyclic) bond motifs is 1. The van der Waals surface area contributed by atoms with E-state index in [9.17, 15) is 20.2 Å². The van der Waals surface area contributed by atoms with Gasteiger partial charge in [0.15, 0.2) is 17.5 Å². The number of aromatic nitrogens is 5. The molecule has 0 aliphatic heterocycles. The van der Waals surface area contributed by atoms with Gasteiger partial charge in [0.25, 0.3) is 5.69 Å². The predicted molar refractivity (Wildman–Crippen MR) is 173 cm³/mol. The molecule has 0 aliphatic carbocycles. The van der Waals surface area contributed by atoms with E-state index < -0.39 is 12.0 Å². The van der Waals surface area contributed by atoms with Gasteiger partial charge in [-0.1, -0.05) is 91.0 Å². The Bertz CT molecular complexity index is 2130. The minimum atomic E-state index is -2.03. The van der Waals surface area contributed by atoms with Crippen molar-refractivity contribution in [3.05, 3.63) is 138 Å². The quantitative estimate of drug-likeness (QED) is 0.142. The number of hydrogen-bond acceptors (Lipinski definition) is 8. The molecule has 7 rings (SSSR count). The van der Waals surface area contributed by atoms with Gasteiger partial charge in [-0.3, -0.25) is 10.1 Å². The lowest BCUT2D eigenvalue weighted by molar-refractivity contribution is -0.383. The second-order valence-corrected chi connectivity index (χ2v) is 10.3. The lowest BCUT2D eigenvalue weighted by Gasteiger charge is -2.11. The third kappa shape index (κ3) is 5.33. The molecule has 7 aromatic rings. The van der Waals surface area contributed by atoms with Crippen LogP contribution in [-0.2, 0) is 0 Å². The minimum absolute atomic E-state index is 0.199. The van der Waals surface area contributed by atoms with Crippen molar-refractivity contribution in [3.63, 3.8) is 0 Å². The summed E-state index contributed by atoms with van der Waals surface area (Å²) < 4.78 is 1.61. The van der Waals surface area contributed by atoms with Crippen molar-refractivity contribution in [1.29, 1.82) is 0 Å². The highest BCUT2D eigenvalue weighted by Crippen LogP contribution is 2.30. The number of benzene rings is 5. The third-order valence-electron chi connectivity index (χ3n) is 7.47. The van der Waals surface area contributed by atoms with Crippen molar-refractivity contribution in [1.82, 2.24) is 24.7 Å². The number of nitro benzene ring substituents is 1. The summed E-state index contributed by atoms with van der Waals surface area (Å²) in [6.45, 7) is 0. The first kappa shape index (κ1) is 27.8. The molecule has 0 atom stereocenters. The van der Waals surface area contributed by atoms with Crippen molar-refractivity contribution >= 4 is 29.2 Å². The van der Waals surface area contributed by atoms with E-state index in [0.29, 0.717) is 28.7 Å². The van der Waals surface area contributed by atoms with Gasteiger partial charge >= 0.3 is 7.12 Å². The predicted octanol–water partition coefficient (Wildman–Crippen LogP) is 5.47. The van der Waals surface area contributed by atoms with Crippen molar-refractivity contribution in [2.24, 2.45) is 0 Å². The van der Waals surface area contributed by atoms with E-state index in [1.165, 1.54) is 12.3 Å². The monoisotopic (exact) mass is 590 g/mol. The molecule has 0 bridgehead atoms. The first-order chi connectivity index (χ1) is 22.0. The molecule has 216 valence electrons. The first-order valence-corrected chi connectivity index (χ1v) is 14.1. The summed E-state index contributed by atoms with van der Waals surface area (Å²) in [6, 6.07) is 38.0. The Balaban J connectivity index is 1.30. The fraction of sp³-hybridized carbons (Fsp3) is 0. The van der Waals surface area contributed by atoms with Gasteiger partial charge in [-0.25, -0.2) is 19.6 Å². The first-order valence-electron chi connectivity index (χ1n) is 14.1. The molecule has 2 N–H and O–H groups in total. The van der Waals surface area contributed by atoms with E-state index in [1.807, 2.05) is 109 Å². The van der Waals surface area contributed by atoms with Crippen LogP contribution in [0.1, 0.15) is 0 Å². The van der Waals surface area contributed by atoms with Crippen LogP contribution < -0.4 is 5.46 Å². The minimum Gasteiger partial charge on any atom is -0.423 e. The highest BCUT2D eigenvalue weighted by Gasteiger charge is 2.28. The van der Waals surface area contributed by atoms with E-state index >= 15 is 0 Å². The Morgan fingerprint density at radius 1 is 0.622 bits per heavy atom. The molecule has 2 aromatic heterocycles. The van der Waals surface area contributed by atoms with E-state index in [0.717, 1.165) is 27.8 Å². The van der Waals surface area contributed by atoms with E-state index in [1.54, 1.807) is 10.7 Å². The number of nitrogens with zero attached hydrogens (tertiary/aromatic N) is 6. The average Bonchev–Trinajstić information content (AvgIpc) is 3.53. The molecular weight excluding hydrogens is 567 g/mol. The Morgan fingerprint density at radius 3 is 1.76 bits per heavy atom. The van der Waals surface area contributed by atoms with E-state index in [2.05, 4.69) is 5.10 Å². The fourth-order valence-corrected chi connectivity index (χ4v) is 5.34. The molecule has 0 fully saturated rings. The molecule has 0 unspecified atom stereocenters. The lowest BCUT2D eigenvalue weighted by atomic mass is 9.77. The van der Waals surface area contributed by atoms with Crippen LogP contribution in [-0.4, -0.2) is 46.8 Å². The van der Waals surface area contributed by atoms with E-state index in [4.69, 9.17) is 15.0 Å². The molecule has 45 heavy (non-hydrogen) atoms. The Kier molecular flexibility index (Phi) is 7.14. The molecular formula is C34H23BN6O4. The molecule has 10 nitrogen and oxygen atoms in total. The van der Waals surface area contributed by atoms with Crippen LogP contribution in [0.25, 0.3) is 61.9 Å². The number of hydrogen-bond donors (Lipinski definition) is 2. The normalized spacial score (nSPS) is 11.1. The summed E-state index contributed by atoms with van der Waals surface area (Å²) in [5, 5.41) is 36.0. The molecule has 0 saturated carbocycles. The van der Waals surface area contributed by atoms with Crippen molar-refractivity contribution in [2.75, 3.05) is 0 Å². The van der Waals surface area contributed by atoms with Gasteiger partial charge in [0.1, 0.15) is 0 Å². The summed E-state index contributed by atoms with van der Waals surface area (Å²) in [7, 11) is -2.03. The molecule has 0 amide bonds. The maximum Gasteiger partial charge on any atom is 0.496 e. The van der Waals surface area contributed by atoms with Gasteiger partial charge in [0.2, 0.25) is 0 Å². The van der Waals surface area contributed by atoms with Crippen LogP contribution in [0.4, 0.5) is 5.69 Å². The van der Waals surface area contributed by atoms with E-state index in [-0.39, 0.29) is 16.5 Å². The van der Waals surface area contributed by atoms with Gasteiger partial charge < -0.3 is 10.0 Å². The van der Waals surface area contributed by atoms with Crippen LogP contribution in [0.5, 0.6) is 0 Å². The number of nitro groups is 1. The van der Waals surface area contributed by atoms with Gasteiger partial charge in [-0.15, -0.1) is 0 Å². The average molecular weight is 590 g/mol. The highest BCUT2D eigenvalue weighted by atomic mass is 16.6. The molecule has 0 aliphatic rings. The lowest BCUT2D eigenvalue weighted by Crippen LogP contribution is -2.32. The number of rotatable bonds is 7. The van der Waals surface area contributed by atoms with Gasteiger partial charge in [-0.05, 0) is 35.4 Å². The van der Waals surface area contributed by atoms with Crippen LogP contribution in [0.3, 0.4) is 0 Å². The zero-order chi connectivity index (χ0) is 30.9.